The van der Waals surface area contributed by atoms with E-state index in [4.69, 9.17) is 4.74 Å². The molecule has 8 heteroatoms. The minimum atomic E-state index is -3.61. The van der Waals surface area contributed by atoms with Crippen LogP contribution in [-0.4, -0.2) is 44.5 Å². The second-order valence-electron chi connectivity index (χ2n) is 5.75. The number of nitrogens with one attached hydrogen (secondary N) is 1. The summed E-state index contributed by atoms with van der Waals surface area (Å²) in [5, 5.41) is 3.27. The molecule has 136 valence electrons. The SMILES string of the molecule is COc1ccc(S(=O)(=O)N2CCNCC2c2cccnc2)c(C)c1.Cl. The predicted octanol–water partition coefficient (Wildman–Crippen LogP) is 2.16. The monoisotopic (exact) mass is 383 g/mol. The van der Waals surface area contributed by atoms with Crippen molar-refractivity contribution in [2.75, 3.05) is 26.7 Å². The molecule has 2 heterocycles. The Hall–Kier alpha value is -1.67. The van der Waals surface area contributed by atoms with Gasteiger partial charge in [-0.15, -0.1) is 12.4 Å². The number of benzene rings is 1. The lowest BCUT2D eigenvalue weighted by atomic mass is 10.1. The average molecular weight is 384 g/mol. The lowest BCUT2D eigenvalue weighted by Crippen LogP contribution is -2.48. The minimum Gasteiger partial charge on any atom is -0.497 e. The van der Waals surface area contributed by atoms with Crippen LogP contribution in [0.3, 0.4) is 0 Å². The van der Waals surface area contributed by atoms with Gasteiger partial charge in [-0.25, -0.2) is 8.42 Å². The van der Waals surface area contributed by atoms with Gasteiger partial charge in [-0.2, -0.15) is 4.31 Å². The van der Waals surface area contributed by atoms with E-state index >= 15 is 0 Å². The number of pyridine rings is 1. The van der Waals surface area contributed by atoms with Crippen molar-refractivity contribution in [3.05, 3.63) is 53.9 Å². The summed E-state index contributed by atoms with van der Waals surface area (Å²) in [6.45, 7) is 3.41. The van der Waals surface area contributed by atoms with Crippen LogP contribution in [0.1, 0.15) is 17.2 Å². The first-order valence-electron chi connectivity index (χ1n) is 7.81. The van der Waals surface area contributed by atoms with Gasteiger partial charge in [0.25, 0.3) is 0 Å². The van der Waals surface area contributed by atoms with Crippen molar-refractivity contribution >= 4 is 22.4 Å². The molecule has 1 aliphatic heterocycles. The van der Waals surface area contributed by atoms with E-state index in [0.717, 1.165) is 5.56 Å². The van der Waals surface area contributed by atoms with Gasteiger partial charge in [0, 0.05) is 32.0 Å². The third kappa shape index (κ3) is 3.95. The van der Waals surface area contributed by atoms with Gasteiger partial charge in [-0.3, -0.25) is 4.98 Å². The number of ether oxygens (including phenoxy) is 1. The molecule has 0 amide bonds. The van der Waals surface area contributed by atoms with E-state index in [2.05, 4.69) is 10.3 Å². The number of aromatic nitrogens is 1. The molecule has 25 heavy (non-hydrogen) atoms. The Bertz CT molecular complexity index is 815. The Balaban J connectivity index is 0.00000225. The number of rotatable bonds is 4. The van der Waals surface area contributed by atoms with Gasteiger partial charge in [0.1, 0.15) is 5.75 Å². The van der Waals surface area contributed by atoms with Gasteiger partial charge in [-0.1, -0.05) is 6.07 Å². The van der Waals surface area contributed by atoms with Gasteiger partial charge in [0.05, 0.1) is 18.0 Å². The van der Waals surface area contributed by atoms with Crippen LogP contribution >= 0.6 is 12.4 Å². The molecule has 1 aliphatic rings. The maximum absolute atomic E-state index is 13.2. The minimum absolute atomic E-state index is 0. The zero-order valence-electron chi connectivity index (χ0n) is 14.2. The molecule has 6 nitrogen and oxygen atoms in total. The Morgan fingerprint density at radius 2 is 2.12 bits per heavy atom. The fourth-order valence-electron chi connectivity index (χ4n) is 3.00. The first-order chi connectivity index (χ1) is 11.5. The highest BCUT2D eigenvalue weighted by molar-refractivity contribution is 7.89. The predicted molar refractivity (Wildman–Crippen MR) is 98.7 cm³/mol. The lowest BCUT2D eigenvalue weighted by molar-refractivity contribution is 0.271. The van der Waals surface area contributed by atoms with Crippen LogP contribution in [0.25, 0.3) is 0 Å². The molecule has 1 aromatic carbocycles. The first kappa shape index (κ1) is 19.7. The Morgan fingerprint density at radius 1 is 1.32 bits per heavy atom. The first-order valence-corrected chi connectivity index (χ1v) is 9.25. The van der Waals surface area contributed by atoms with Gasteiger partial charge in [0.15, 0.2) is 0 Å². The quantitative estimate of drug-likeness (QED) is 0.875. The van der Waals surface area contributed by atoms with E-state index in [9.17, 15) is 8.42 Å². The number of piperazine rings is 1. The Morgan fingerprint density at radius 3 is 2.76 bits per heavy atom. The number of nitrogens with zero attached hydrogens (tertiary/aromatic N) is 2. The summed E-state index contributed by atoms with van der Waals surface area (Å²) < 4.78 is 33.2. The van der Waals surface area contributed by atoms with Crippen LogP contribution in [0.5, 0.6) is 5.75 Å². The number of methoxy groups -OCH3 is 1. The summed E-state index contributed by atoms with van der Waals surface area (Å²) in [7, 11) is -2.04. The molecule has 0 spiro atoms. The fourth-order valence-corrected chi connectivity index (χ4v) is 4.82. The summed E-state index contributed by atoms with van der Waals surface area (Å²) in [4.78, 5) is 4.44. The molecular formula is C17H22ClN3O3S. The highest BCUT2D eigenvalue weighted by Gasteiger charge is 2.35. The summed E-state index contributed by atoms with van der Waals surface area (Å²) in [6.07, 6.45) is 3.41. The molecule has 1 N–H and O–H groups in total. The van der Waals surface area contributed by atoms with Crippen LogP contribution in [0.4, 0.5) is 0 Å². The Labute approximate surface area is 154 Å². The van der Waals surface area contributed by atoms with Crippen molar-refractivity contribution < 1.29 is 13.2 Å². The van der Waals surface area contributed by atoms with Gasteiger partial charge in [0.2, 0.25) is 10.0 Å². The number of halogens is 1. The molecule has 0 bridgehead atoms. The van der Waals surface area contributed by atoms with E-state index < -0.39 is 10.0 Å². The molecule has 0 radical (unpaired) electrons. The maximum Gasteiger partial charge on any atom is 0.243 e. The largest absolute Gasteiger partial charge is 0.497 e. The zero-order valence-corrected chi connectivity index (χ0v) is 15.8. The van der Waals surface area contributed by atoms with E-state index in [-0.39, 0.29) is 18.4 Å². The summed E-state index contributed by atoms with van der Waals surface area (Å²) in [6, 6.07) is 8.52. The smallest absolute Gasteiger partial charge is 0.243 e. The van der Waals surface area contributed by atoms with E-state index in [1.165, 1.54) is 0 Å². The molecule has 2 aromatic rings. The number of hydrogen-bond donors (Lipinski definition) is 1. The van der Waals surface area contributed by atoms with Gasteiger partial charge < -0.3 is 10.1 Å². The van der Waals surface area contributed by atoms with Crippen molar-refractivity contribution in [1.29, 1.82) is 0 Å². The lowest BCUT2D eigenvalue weighted by Gasteiger charge is -2.35. The van der Waals surface area contributed by atoms with Crippen LogP contribution in [0.2, 0.25) is 0 Å². The average Bonchev–Trinajstić information content (AvgIpc) is 2.62. The number of sulfonamides is 1. The molecule has 0 aliphatic carbocycles. The second kappa shape index (κ2) is 8.14. The summed E-state index contributed by atoms with van der Waals surface area (Å²) in [5.41, 5.74) is 1.57. The van der Waals surface area contributed by atoms with Crippen molar-refractivity contribution in [3.8, 4) is 5.75 Å². The number of hydrogen-bond acceptors (Lipinski definition) is 5. The molecule has 1 fully saturated rings. The maximum atomic E-state index is 13.2. The van der Waals surface area contributed by atoms with Crippen LogP contribution in [0, 0.1) is 6.92 Å². The molecule has 1 unspecified atom stereocenters. The van der Waals surface area contributed by atoms with Crippen molar-refractivity contribution in [3.63, 3.8) is 0 Å². The Kier molecular flexibility index (Phi) is 6.40. The molecule has 1 aromatic heterocycles. The van der Waals surface area contributed by atoms with Crippen molar-refractivity contribution in [2.24, 2.45) is 0 Å². The van der Waals surface area contributed by atoms with Crippen LogP contribution in [-0.2, 0) is 10.0 Å². The van der Waals surface area contributed by atoms with E-state index in [0.29, 0.717) is 35.8 Å². The zero-order chi connectivity index (χ0) is 17.2. The normalized spacial score (nSPS) is 18.4. The van der Waals surface area contributed by atoms with Crippen molar-refractivity contribution in [1.82, 2.24) is 14.6 Å². The fraction of sp³-hybridized carbons (Fsp3) is 0.353. The summed E-state index contributed by atoms with van der Waals surface area (Å²) >= 11 is 0. The highest BCUT2D eigenvalue weighted by Crippen LogP contribution is 2.31. The second-order valence-corrected chi connectivity index (χ2v) is 7.61. The molecule has 1 atom stereocenters. The van der Waals surface area contributed by atoms with E-state index in [1.807, 2.05) is 12.1 Å². The molecule has 0 saturated carbocycles. The van der Waals surface area contributed by atoms with Crippen LogP contribution < -0.4 is 10.1 Å². The van der Waals surface area contributed by atoms with Gasteiger partial charge >= 0.3 is 0 Å². The highest BCUT2D eigenvalue weighted by atomic mass is 35.5. The topological polar surface area (TPSA) is 71.5 Å². The van der Waals surface area contributed by atoms with Crippen LogP contribution in [0.15, 0.2) is 47.6 Å². The molecular weight excluding hydrogens is 362 g/mol. The van der Waals surface area contributed by atoms with Gasteiger partial charge in [-0.05, 0) is 42.3 Å². The summed E-state index contributed by atoms with van der Waals surface area (Å²) in [5.74, 6) is 0.649. The third-order valence-electron chi connectivity index (χ3n) is 4.23. The standard InChI is InChI=1S/C17H21N3O3S.ClH/c1-13-10-15(23-2)5-6-17(13)24(21,22)20-9-8-19-12-16(20)14-4-3-7-18-11-14;/h3-7,10-11,16,19H,8-9,12H2,1-2H3;1H. The molecule has 3 rings (SSSR count). The molecule has 1 saturated heterocycles. The third-order valence-corrected chi connectivity index (χ3v) is 6.30. The van der Waals surface area contributed by atoms with E-state index in [1.54, 1.807) is 48.9 Å². The number of aryl methyl sites for hydroxylation is 1. The van der Waals surface area contributed by atoms with Crippen molar-refractivity contribution in [2.45, 2.75) is 17.9 Å².